The van der Waals surface area contributed by atoms with Crippen LogP contribution >= 0.6 is 11.6 Å². The number of halogens is 2. The number of nitrogens with zero attached hydrogens (tertiary/aromatic N) is 4. The number of aromatic amines is 1. The molecule has 0 unspecified atom stereocenters. The zero-order valence-electron chi connectivity index (χ0n) is 16.6. The summed E-state index contributed by atoms with van der Waals surface area (Å²) >= 11 is 5.88. The Kier molecular flexibility index (Phi) is 4.88. The number of aromatic nitrogens is 5. The minimum Gasteiger partial charge on any atom is -0.375 e. The van der Waals surface area contributed by atoms with Crippen LogP contribution in [0, 0.1) is 12.7 Å². The number of hydrogen-bond donors (Lipinski definition) is 2. The minimum atomic E-state index is -0.484. The van der Waals surface area contributed by atoms with E-state index in [1.54, 1.807) is 22.8 Å². The second-order valence-corrected chi connectivity index (χ2v) is 7.55. The third-order valence-corrected chi connectivity index (χ3v) is 5.26. The number of pyridine rings is 2. The van der Waals surface area contributed by atoms with Crippen LogP contribution in [0.2, 0.25) is 5.02 Å². The van der Waals surface area contributed by atoms with Crippen molar-refractivity contribution >= 4 is 22.8 Å². The second-order valence-electron chi connectivity index (χ2n) is 7.14. The largest absolute Gasteiger partial charge is 0.375 e. The summed E-state index contributed by atoms with van der Waals surface area (Å²) in [5.74, 6) is 0.170. The molecule has 31 heavy (non-hydrogen) atoms. The lowest BCUT2D eigenvalue weighted by atomic mass is 10.1. The number of aryl methyl sites for hydroxylation is 1. The molecule has 0 amide bonds. The maximum atomic E-state index is 14.2. The maximum Gasteiger partial charge on any atom is 0.164 e. The van der Waals surface area contributed by atoms with E-state index < -0.39 is 5.82 Å². The first-order chi connectivity index (χ1) is 15.1. The molecule has 154 valence electrons. The zero-order valence-corrected chi connectivity index (χ0v) is 17.4. The van der Waals surface area contributed by atoms with Crippen LogP contribution in [0.5, 0.6) is 0 Å². The molecule has 0 aliphatic rings. The van der Waals surface area contributed by atoms with E-state index in [0.29, 0.717) is 18.1 Å². The van der Waals surface area contributed by atoms with Gasteiger partial charge < -0.3 is 10.3 Å². The molecule has 5 rings (SSSR count). The molecule has 0 aliphatic carbocycles. The normalized spacial score (nSPS) is 11.2. The molecule has 8 heteroatoms. The summed E-state index contributed by atoms with van der Waals surface area (Å²) in [5.41, 5.74) is 5.48. The standard InChI is InChI=1S/C23H18ClFN6/c1-14-4-2-7-19(28-14)23-22(15-9-11-31-16(12-15)8-10-27-31)29-20(30-23)13-26-18-6-3-5-17(24)21(18)25/h2-12,26H,13H2,1H3,(H,29,30). The Hall–Kier alpha value is -3.71. The molecule has 0 aliphatic heterocycles. The third kappa shape index (κ3) is 3.75. The van der Waals surface area contributed by atoms with Gasteiger partial charge in [0.1, 0.15) is 5.82 Å². The molecule has 0 spiro atoms. The first-order valence-corrected chi connectivity index (χ1v) is 10.1. The monoisotopic (exact) mass is 432 g/mol. The van der Waals surface area contributed by atoms with Crippen LogP contribution in [0.4, 0.5) is 10.1 Å². The molecule has 0 saturated heterocycles. The van der Waals surface area contributed by atoms with Crippen molar-refractivity contribution in [2.24, 2.45) is 0 Å². The van der Waals surface area contributed by atoms with Gasteiger partial charge in [-0.3, -0.25) is 4.98 Å². The van der Waals surface area contributed by atoms with Gasteiger partial charge in [0.2, 0.25) is 0 Å². The van der Waals surface area contributed by atoms with Crippen LogP contribution in [0.1, 0.15) is 11.5 Å². The quantitative estimate of drug-likeness (QED) is 0.384. The fraction of sp³-hybridized carbons (Fsp3) is 0.0870. The smallest absolute Gasteiger partial charge is 0.164 e. The summed E-state index contributed by atoms with van der Waals surface area (Å²) in [7, 11) is 0. The topological polar surface area (TPSA) is 70.9 Å². The molecule has 2 N–H and O–H groups in total. The summed E-state index contributed by atoms with van der Waals surface area (Å²) < 4.78 is 16.0. The number of H-pyrrole nitrogens is 1. The van der Waals surface area contributed by atoms with Crippen molar-refractivity contribution in [1.29, 1.82) is 0 Å². The number of hydrogen-bond acceptors (Lipinski definition) is 4. The second kappa shape index (κ2) is 7.85. The molecule has 5 aromatic rings. The van der Waals surface area contributed by atoms with Crippen LogP contribution in [0.25, 0.3) is 28.2 Å². The van der Waals surface area contributed by atoms with Crippen molar-refractivity contribution in [2.75, 3.05) is 5.32 Å². The Morgan fingerprint density at radius 3 is 2.84 bits per heavy atom. The lowest BCUT2D eigenvalue weighted by Gasteiger charge is -2.06. The number of fused-ring (bicyclic) bond motifs is 1. The van der Waals surface area contributed by atoms with Gasteiger partial charge in [0.25, 0.3) is 0 Å². The van der Waals surface area contributed by atoms with Gasteiger partial charge in [-0.05, 0) is 49.4 Å². The Bertz CT molecular complexity index is 1390. The molecule has 1 aromatic carbocycles. The van der Waals surface area contributed by atoms with Gasteiger partial charge in [0, 0.05) is 23.7 Å². The number of benzene rings is 1. The highest BCUT2D eigenvalue weighted by Gasteiger charge is 2.16. The van der Waals surface area contributed by atoms with Crippen molar-refractivity contribution in [3.63, 3.8) is 0 Å². The third-order valence-electron chi connectivity index (χ3n) is 4.97. The van der Waals surface area contributed by atoms with Crippen LogP contribution in [-0.4, -0.2) is 24.6 Å². The fourth-order valence-electron chi connectivity index (χ4n) is 3.47. The summed E-state index contributed by atoms with van der Waals surface area (Å²) in [6.45, 7) is 2.24. The van der Waals surface area contributed by atoms with E-state index in [1.165, 1.54) is 6.07 Å². The predicted octanol–water partition coefficient (Wildman–Crippen LogP) is 5.50. The Labute approximate surface area is 182 Å². The van der Waals surface area contributed by atoms with E-state index in [9.17, 15) is 4.39 Å². The molecular weight excluding hydrogens is 415 g/mol. The van der Waals surface area contributed by atoms with E-state index >= 15 is 0 Å². The lowest BCUT2D eigenvalue weighted by Crippen LogP contribution is -2.03. The average molecular weight is 433 g/mol. The van der Waals surface area contributed by atoms with E-state index in [2.05, 4.69) is 20.4 Å². The SMILES string of the molecule is Cc1cccc(-c2[nH]c(CNc3cccc(Cl)c3F)nc2-c2ccn3nccc3c2)n1. The van der Waals surface area contributed by atoms with Crippen LogP contribution in [0.15, 0.2) is 67.0 Å². The molecule has 0 radical (unpaired) electrons. The van der Waals surface area contributed by atoms with Gasteiger partial charge in [0.05, 0.1) is 39.9 Å². The van der Waals surface area contributed by atoms with Crippen LogP contribution in [-0.2, 0) is 6.54 Å². The molecule has 0 atom stereocenters. The van der Waals surface area contributed by atoms with Gasteiger partial charge in [-0.2, -0.15) is 5.10 Å². The van der Waals surface area contributed by atoms with Gasteiger partial charge in [-0.15, -0.1) is 0 Å². The molecule has 0 fully saturated rings. The van der Waals surface area contributed by atoms with Crippen LogP contribution < -0.4 is 5.32 Å². The molecule has 4 aromatic heterocycles. The number of nitrogens with one attached hydrogen (secondary N) is 2. The maximum absolute atomic E-state index is 14.2. The number of rotatable bonds is 5. The highest BCUT2D eigenvalue weighted by Crippen LogP contribution is 2.30. The van der Waals surface area contributed by atoms with Gasteiger partial charge in [-0.1, -0.05) is 23.7 Å². The summed E-state index contributed by atoms with van der Waals surface area (Å²) in [6, 6.07) is 16.6. The summed E-state index contributed by atoms with van der Waals surface area (Å²) in [4.78, 5) is 12.8. The zero-order chi connectivity index (χ0) is 21.4. The molecule has 4 heterocycles. The van der Waals surface area contributed by atoms with Crippen LogP contribution in [0.3, 0.4) is 0 Å². The highest BCUT2D eigenvalue weighted by molar-refractivity contribution is 6.31. The number of imidazole rings is 1. The van der Waals surface area contributed by atoms with Crippen molar-refractivity contribution in [1.82, 2.24) is 24.6 Å². The molecule has 0 bridgehead atoms. The minimum absolute atomic E-state index is 0.0730. The van der Waals surface area contributed by atoms with E-state index in [1.807, 2.05) is 49.5 Å². The fourth-order valence-corrected chi connectivity index (χ4v) is 3.65. The highest BCUT2D eigenvalue weighted by atomic mass is 35.5. The number of anilines is 1. The Morgan fingerprint density at radius 2 is 1.97 bits per heavy atom. The average Bonchev–Trinajstić information content (AvgIpc) is 3.41. The Morgan fingerprint density at radius 1 is 1.10 bits per heavy atom. The van der Waals surface area contributed by atoms with Crippen molar-refractivity contribution in [2.45, 2.75) is 13.5 Å². The van der Waals surface area contributed by atoms with E-state index in [-0.39, 0.29) is 5.02 Å². The van der Waals surface area contributed by atoms with Crippen molar-refractivity contribution in [3.05, 3.63) is 89.3 Å². The predicted molar refractivity (Wildman–Crippen MR) is 119 cm³/mol. The van der Waals surface area contributed by atoms with Gasteiger partial charge in [-0.25, -0.2) is 13.9 Å². The van der Waals surface area contributed by atoms with Gasteiger partial charge >= 0.3 is 0 Å². The molecule has 6 nitrogen and oxygen atoms in total. The first-order valence-electron chi connectivity index (χ1n) is 9.73. The van der Waals surface area contributed by atoms with E-state index in [4.69, 9.17) is 16.6 Å². The summed E-state index contributed by atoms with van der Waals surface area (Å²) in [5, 5.41) is 7.38. The van der Waals surface area contributed by atoms with Crippen molar-refractivity contribution in [3.8, 4) is 22.6 Å². The van der Waals surface area contributed by atoms with Gasteiger partial charge in [0.15, 0.2) is 5.82 Å². The molecule has 0 saturated carbocycles. The van der Waals surface area contributed by atoms with Crippen molar-refractivity contribution < 1.29 is 4.39 Å². The van der Waals surface area contributed by atoms with E-state index in [0.717, 1.165) is 33.9 Å². The lowest BCUT2D eigenvalue weighted by molar-refractivity contribution is 0.630. The first kappa shape index (κ1) is 19.3. The Balaban J connectivity index is 1.55. The molecular formula is C23H18ClFN6. The summed E-state index contributed by atoms with van der Waals surface area (Å²) in [6.07, 6.45) is 3.65.